The van der Waals surface area contributed by atoms with Gasteiger partial charge < -0.3 is 10.1 Å². The predicted octanol–water partition coefficient (Wildman–Crippen LogP) is 2.04. The first kappa shape index (κ1) is 14.4. The number of rotatable bonds is 5. The van der Waals surface area contributed by atoms with Crippen molar-refractivity contribution in [2.45, 2.75) is 32.5 Å². The highest BCUT2D eigenvalue weighted by Gasteiger charge is 2.32. The zero-order chi connectivity index (χ0) is 15.7. The lowest BCUT2D eigenvalue weighted by molar-refractivity contribution is -0.111. The summed E-state index contributed by atoms with van der Waals surface area (Å²) in [7, 11) is 0. The number of hydrogen-bond acceptors (Lipinski definition) is 4. The van der Waals surface area contributed by atoms with Crippen LogP contribution in [0.25, 0.3) is 10.9 Å². The summed E-state index contributed by atoms with van der Waals surface area (Å²) in [6, 6.07) is 6.05. The molecule has 1 aromatic heterocycles. The molecule has 0 saturated carbocycles. The molecule has 1 saturated heterocycles. The lowest BCUT2D eigenvalue weighted by atomic mass is 10.2. The maximum absolute atomic E-state index is 11.9. The molecule has 1 aliphatic heterocycles. The summed E-state index contributed by atoms with van der Waals surface area (Å²) in [5.41, 5.74) is 1.77. The normalized spacial score (nSPS) is 19.3. The topological polar surface area (TPSA) is 76.5 Å². The average Bonchev–Trinajstić information content (AvgIpc) is 3.09. The fourth-order valence-corrected chi connectivity index (χ4v) is 2.57. The number of aromatic nitrogens is 2. The zero-order valence-electron chi connectivity index (χ0n) is 12.5. The summed E-state index contributed by atoms with van der Waals surface area (Å²) in [6.07, 6.45) is 2.25. The third-order valence-corrected chi connectivity index (χ3v) is 3.96. The van der Waals surface area contributed by atoms with E-state index in [1.807, 2.05) is 22.9 Å². The van der Waals surface area contributed by atoms with Crippen molar-refractivity contribution in [3.05, 3.63) is 24.4 Å². The van der Waals surface area contributed by atoms with Gasteiger partial charge in [-0.25, -0.2) is 4.79 Å². The highest BCUT2D eigenvalue weighted by molar-refractivity contribution is 5.93. The minimum absolute atomic E-state index is 0.294. The van der Waals surface area contributed by atoms with E-state index in [2.05, 4.69) is 24.3 Å². The number of nitrogens with zero attached hydrogens (tertiary/aromatic N) is 3. The molecule has 2 atom stereocenters. The minimum Gasteiger partial charge on any atom is -0.423 e. The van der Waals surface area contributed by atoms with Crippen molar-refractivity contribution >= 4 is 29.1 Å². The number of cyclic esters (lactones) is 1. The van der Waals surface area contributed by atoms with Gasteiger partial charge in [-0.1, -0.05) is 6.92 Å². The maximum atomic E-state index is 11.9. The summed E-state index contributed by atoms with van der Waals surface area (Å²) in [4.78, 5) is 23.8. The molecule has 0 radical (unpaired) electrons. The van der Waals surface area contributed by atoms with Crippen LogP contribution in [0.3, 0.4) is 0 Å². The Morgan fingerprint density at radius 3 is 3.09 bits per heavy atom. The van der Waals surface area contributed by atoms with Crippen LogP contribution < -0.4 is 10.2 Å². The number of amides is 2. The van der Waals surface area contributed by atoms with E-state index in [1.54, 1.807) is 6.20 Å². The van der Waals surface area contributed by atoms with Crippen LogP contribution in [0.1, 0.15) is 26.3 Å². The van der Waals surface area contributed by atoms with Crippen LogP contribution in [0, 0.1) is 0 Å². The summed E-state index contributed by atoms with van der Waals surface area (Å²) < 4.78 is 7.05. The van der Waals surface area contributed by atoms with Crippen molar-refractivity contribution in [3.8, 4) is 0 Å². The number of benzene rings is 1. The van der Waals surface area contributed by atoms with Crippen LogP contribution in [-0.2, 0) is 9.53 Å². The Balaban J connectivity index is 1.90. The fourth-order valence-electron chi connectivity index (χ4n) is 2.57. The molecule has 1 aliphatic rings. The SMILES string of the molecule is CCC(C)n1ncc2cc(N3CC(NC=O)OC3=O)ccc21. The van der Waals surface area contributed by atoms with Crippen molar-refractivity contribution in [1.82, 2.24) is 15.1 Å². The van der Waals surface area contributed by atoms with Crippen molar-refractivity contribution in [2.24, 2.45) is 0 Å². The monoisotopic (exact) mass is 302 g/mol. The molecule has 0 bridgehead atoms. The van der Waals surface area contributed by atoms with E-state index in [-0.39, 0.29) is 0 Å². The van der Waals surface area contributed by atoms with Gasteiger partial charge in [-0.05, 0) is 31.5 Å². The smallest absolute Gasteiger partial charge is 0.416 e. The van der Waals surface area contributed by atoms with Gasteiger partial charge in [-0.3, -0.25) is 14.4 Å². The second-order valence-electron chi connectivity index (χ2n) is 5.36. The molecule has 22 heavy (non-hydrogen) atoms. The van der Waals surface area contributed by atoms with Crippen molar-refractivity contribution in [1.29, 1.82) is 0 Å². The van der Waals surface area contributed by atoms with Crippen LogP contribution in [0.5, 0.6) is 0 Å². The predicted molar refractivity (Wildman–Crippen MR) is 81.5 cm³/mol. The van der Waals surface area contributed by atoms with E-state index in [0.29, 0.717) is 19.0 Å². The number of ether oxygens (including phenoxy) is 1. The maximum Gasteiger partial charge on any atom is 0.416 e. The molecule has 7 heteroatoms. The zero-order valence-corrected chi connectivity index (χ0v) is 12.5. The Labute approximate surface area is 127 Å². The van der Waals surface area contributed by atoms with Crippen LogP contribution in [-0.4, -0.2) is 35.1 Å². The molecule has 2 heterocycles. The second kappa shape index (κ2) is 5.67. The minimum atomic E-state index is -0.608. The first-order valence-corrected chi connectivity index (χ1v) is 7.29. The van der Waals surface area contributed by atoms with E-state index in [4.69, 9.17) is 4.74 Å². The highest BCUT2D eigenvalue weighted by atomic mass is 16.6. The van der Waals surface area contributed by atoms with Gasteiger partial charge in [-0.2, -0.15) is 5.10 Å². The average molecular weight is 302 g/mol. The van der Waals surface area contributed by atoms with E-state index < -0.39 is 12.3 Å². The number of nitrogens with one attached hydrogen (secondary N) is 1. The quantitative estimate of drug-likeness (QED) is 0.857. The van der Waals surface area contributed by atoms with Gasteiger partial charge in [0.05, 0.1) is 18.3 Å². The third kappa shape index (κ3) is 2.38. The number of carbonyl (C=O) groups excluding carboxylic acids is 2. The number of carbonyl (C=O) groups is 2. The Morgan fingerprint density at radius 2 is 2.36 bits per heavy atom. The summed E-state index contributed by atoms with van der Waals surface area (Å²) >= 11 is 0. The van der Waals surface area contributed by atoms with E-state index in [9.17, 15) is 9.59 Å². The molecule has 0 spiro atoms. The highest BCUT2D eigenvalue weighted by Crippen LogP contribution is 2.27. The molecule has 3 rings (SSSR count). The number of fused-ring (bicyclic) bond motifs is 1. The van der Waals surface area contributed by atoms with Crippen LogP contribution in [0.4, 0.5) is 10.5 Å². The lowest BCUT2D eigenvalue weighted by Gasteiger charge is -2.14. The second-order valence-corrected chi connectivity index (χ2v) is 5.36. The lowest BCUT2D eigenvalue weighted by Crippen LogP contribution is -2.32. The Hall–Kier alpha value is -2.57. The van der Waals surface area contributed by atoms with E-state index in [1.165, 1.54) is 4.90 Å². The molecular weight excluding hydrogens is 284 g/mol. The first-order valence-electron chi connectivity index (χ1n) is 7.29. The van der Waals surface area contributed by atoms with Crippen molar-refractivity contribution in [2.75, 3.05) is 11.4 Å². The molecule has 7 nitrogen and oxygen atoms in total. The molecule has 1 aromatic carbocycles. The summed E-state index contributed by atoms with van der Waals surface area (Å²) in [5, 5.41) is 7.85. The molecule has 2 unspecified atom stereocenters. The third-order valence-electron chi connectivity index (χ3n) is 3.96. The van der Waals surface area contributed by atoms with Crippen molar-refractivity contribution < 1.29 is 14.3 Å². The number of anilines is 1. The Kier molecular flexibility index (Phi) is 3.70. The van der Waals surface area contributed by atoms with E-state index >= 15 is 0 Å². The summed E-state index contributed by atoms with van der Waals surface area (Å²) in [6.45, 7) is 4.53. The van der Waals surface area contributed by atoms with Gasteiger partial charge >= 0.3 is 6.09 Å². The van der Waals surface area contributed by atoms with Gasteiger partial charge in [0.15, 0.2) is 6.23 Å². The van der Waals surface area contributed by atoms with Crippen molar-refractivity contribution in [3.63, 3.8) is 0 Å². The van der Waals surface area contributed by atoms with Crippen LogP contribution in [0.2, 0.25) is 0 Å². The Bertz CT molecular complexity index is 712. The molecule has 1 fully saturated rings. The van der Waals surface area contributed by atoms with Crippen LogP contribution in [0.15, 0.2) is 24.4 Å². The molecule has 2 amide bonds. The standard InChI is InChI=1S/C15H18N4O3/c1-3-10(2)19-13-5-4-12(6-11(13)7-17-19)18-8-14(16-9-20)22-15(18)21/h4-7,9-10,14H,3,8H2,1-2H3,(H,16,20). The summed E-state index contributed by atoms with van der Waals surface area (Å²) in [5.74, 6) is 0. The molecule has 116 valence electrons. The molecule has 2 aromatic rings. The van der Waals surface area contributed by atoms with Gasteiger partial charge in [-0.15, -0.1) is 0 Å². The number of hydrogen-bond donors (Lipinski definition) is 1. The van der Waals surface area contributed by atoms with Gasteiger partial charge in [0.25, 0.3) is 0 Å². The first-order chi connectivity index (χ1) is 10.6. The molecule has 1 N–H and O–H groups in total. The molecular formula is C15H18N4O3. The van der Waals surface area contributed by atoms with Gasteiger partial charge in [0, 0.05) is 17.1 Å². The van der Waals surface area contributed by atoms with Gasteiger partial charge in [0.1, 0.15) is 0 Å². The fraction of sp³-hybridized carbons (Fsp3) is 0.400. The largest absolute Gasteiger partial charge is 0.423 e. The molecule has 0 aliphatic carbocycles. The Morgan fingerprint density at radius 1 is 1.55 bits per heavy atom. The van der Waals surface area contributed by atoms with Crippen LogP contribution >= 0.6 is 0 Å². The van der Waals surface area contributed by atoms with E-state index in [0.717, 1.165) is 23.0 Å². The van der Waals surface area contributed by atoms with Gasteiger partial charge in [0.2, 0.25) is 6.41 Å².